The van der Waals surface area contributed by atoms with Crippen LogP contribution in [0.2, 0.25) is 0 Å². The van der Waals surface area contributed by atoms with Crippen molar-refractivity contribution in [1.82, 2.24) is 0 Å². The van der Waals surface area contributed by atoms with Gasteiger partial charge in [0.1, 0.15) is 24.4 Å². The Morgan fingerprint density at radius 2 is 1.69 bits per heavy atom. The van der Waals surface area contributed by atoms with Crippen LogP contribution in [-0.2, 0) is 25.1 Å². The number of oxime groups is 1. The van der Waals surface area contributed by atoms with Crippen molar-refractivity contribution < 1.29 is 37.3 Å². The van der Waals surface area contributed by atoms with E-state index in [0.29, 0.717) is 23.3 Å². The summed E-state index contributed by atoms with van der Waals surface area (Å²) in [6.07, 6.45) is -1.98. The lowest BCUT2D eigenvalue weighted by molar-refractivity contribution is -0.245. The summed E-state index contributed by atoms with van der Waals surface area (Å²) in [5.74, 6) is 0. The molecule has 0 aromatic heterocycles. The SMILES string of the molecule is CCO[C@@H]1[C@@H](OC)[C@H](C)O[C@@H](c2cc(/C=C/c3cccc(C(F)(F)F)c3)ccc2C=NO)[C@H]1OC. The third-order valence-electron chi connectivity index (χ3n) is 5.97. The smallest absolute Gasteiger partial charge is 0.411 e. The zero-order valence-electron chi connectivity index (χ0n) is 20.0. The summed E-state index contributed by atoms with van der Waals surface area (Å²) in [6, 6.07) is 10.5. The van der Waals surface area contributed by atoms with Crippen LogP contribution in [0.1, 0.15) is 47.8 Å². The summed E-state index contributed by atoms with van der Waals surface area (Å²) in [5.41, 5.74) is 1.72. The molecule has 9 heteroatoms. The Hall–Kier alpha value is -2.72. The maximum absolute atomic E-state index is 13.0. The van der Waals surface area contributed by atoms with E-state index in [1.54, 1.807) is 44.6 Å². The third-order valence-corrected chi connectivity index (χ3v) is 5.97. The number of benzene rings is 2. The Morgan fingerprint density at radius 1 is 1.00 bits per heavy atom. The molecular formula is C26H30F3NO5. The molecule has 0 saturated carbocycles. The zero-order valence-corrected chi connectivity index (χ0v) is 20.0. The minimum Gasteiger partial charge on any atom is -0.411 e. The summed E-state index contributed by atoms with van der Waals surface area (Å²) in [7, 11) is 3.15. The number of halogens is 3. The second kappa shape index (κ2) is 11.8. The lowest BCUT2D eigenvalue weighted by atomic mass is 9.88. The maximum atomic E-state index is 13.0. The molecule has 1 aliphatic heterocycles. The molecule has 35 heavy (non-hydrogen) atoms. The van der Waals surface area contributed by atoms with Crippen LogP contribution in [0.25, 0.3) is 12.2 Å². The lowest BCUT2D eigenvalue weighted by Gasteiger charge is -2.45. The van der Waals surface area contributed by atoms with Crippen molar-refractivity contribution >= 4 is 18.4 Å². The number of nitrogens with zero attached hydrogens (tertiary/aromatic N) is 1. The topological polar surface area (TPSA) is 69.5 Å². The van der Waals surface area contributed by atoms with Crippen molar-refractivity contribution in [3.63, 3.8) is 0 Å². The van der Waals surface area contributed by atoms with E-state index in [0.717, 1.165) is 17.7 Å². The van der Waals surface area contributed by atoms with E-state index in [1.807, 2.05) is 19.9 Å². The van der Waals surface area contributed by atoms with Crippen LogP contribution in [0.4, 0.5) is 13.2 Å². The van der Waals surface area contributed by atoms with Crippen molar-refractivity contribution in [1.29, 1.82) is 0 Å². The van der Waals surface area contributed by atoms with E-state index >= 15 is 0 Å². The molecule has 1 fully saturated rings. The summed E-state index contributed by atoms with van der Waals surface area (Å²) < 4.78 is 62.8. The highest BCUT2D eigenvalue weighted by atomic mass is 19.4. The van der Waals surface area contributed by atoms with Gasteiger partial charge in [-0.25, -0.2) is 0 Å². The minimum absolute atomic E-state index is 0.323. The van der Waals surface area contributed by atoms with E-state index < -0.39 is 30.1 Å². The molecule has 0 bridgehead atoms. The van der Waals surface area contributed by atoms with Crippen molar-refractivity contribution in [3.05, 3.63) is 70.3 Å². The van der Waals surface area contributed by atoms with Gasteiger partial charge in [0.05, 0.1) is 17.9 Å². The molecule has 0 aliphatic carbocycles. The molecule has 1 heterocycles. The van der Waals surface area contributed by atoms with Gasteiger partial charge < -0.3 is 24.2 Å². The monoisotopic (exact) mass is 493 g/mol. The Balaban J connectivity index is 1.99. The molecule has 2 aromatic rings. The fourth-order valence-corrected chi connectivity index (χ4v) is 4.36. The normalized spacial score (nSPS) is 25.5. The maximum Gasteiger partial charge on any atom is 0.416 e. The van der Waals surface area contributed by atoms with Gasteiger partial charge in [-0.3, -0.25) is 0 Å². The van der Waals surface area contributed by atoms with Crippen LogP contribution in [0.3, 0.4) is 0 Å². The number of ether oxygens (including phenoxy) is 4. The molecule has 0 unspecified atom stereocenters. The summed E-state index contributed by atoms with van der Waals surface area (Å²) in [5, 5.41) is 12.4. The second-order valence-electron chi connectivity index (χ2n) is 8.17. The lowest BCUT2D eigenvalue weighted by Crippen LogP contribution is -2.56. The number of rotatable bonds is 8. The predicted octanol–water partition coefficient (Wildman–Crippen LogP) is 5.58. The fraction of sp³-hybridized carbons (Fsp3) is 0.423. The number of alkyl halides is 3. The molecule has 5 atom stereocenters. The summed E-state index contributed by atoms with van der Waals surface area (Å²) >= 11 is 0. The number of methoxy groups -OCH3 is 2. The van der Waals surface area contributed by atoms with E-state index in [2.05, 4.69) is 5.16 Å². The first-order valence-corrected chi connectivity index (χ1v) is 11.2. The van der Waals surface area contributed by atoms with Gasteiger partial charge in [-0.1, -0.05) is 41.6 Å². The van der Waals surface area contributed by atoms with Gasteiger partial charge in [-0.2, -0.15) is 13.2 Å². The van der Waals surface area contributed by atoms with E-state index in [9.17, 15) is 18.4 Å². The van der Waals surface area contributed by atoms with Crippen LogP contribution in [0.15, 0.2) is 47.6 Å². The van der Waals surface area contributed by atoms with Gasteiger partial charge in [-0.05, 0) is 48.7 Å². The zero-order chi connectivity index (χ0) is 25.6. The van der Waals surface area contributed by atoms with E-state index in [1.165, 1.54) is 12.3 Å². The van der Waals surface area contributed by atoms with Gasteiger partial charge in [-0.15, -0.1) is 0 Å². The van der Waals surface area contributed by atoms with Crippen LogP contribution < -0.4 is 0 Å². The van der Waals surface area contributed by atoms with Crippen LogP contribution in [0.5, 0.6) is 0 Å². The largest absolute Gasteiger partial charge is 0.416 e. The number of hydrogen-bond acceptors (Lipinski definition) is 6. The molecule has 0 amide bonds. The van der Waals surface area contributed by atoms with Gasteiger partial charge in [0.25, 0.3) is 0 Å². The molecule has 3 rings (SSSR count). The second-order valence-corrected chi connectivity index (χ2v) is 8.17. The first kappa shape index (κ1) is 26.9. The average molecular weight is 494 g/mol. The average Bonchev–Trinajstić information content (AvgIpc) is 2.83. The Kier molecular flexibility index (Phi) is 9.07. The minimum atomic E-state index is -4.41. The summed E-state index contributed by atoms with van der Waals surface area (Å²) in [4.78, 5) is 0. The quantitative estimate of drug-likeness (QED) is 0.225. The van der Waals surface area contributed by atoms with Crippen LogP contribution in [-0.4, -0.2) is 56.7 Å². The highest BCUT2D eigenvalue weighted by molar-refractivity contribution is 5.83. The van der Waals surface area contributed by atoms with Crippen molar-refractivity contribution in [2.75, 3.05) is 20.8 Å². The molecular weight excluding hydrogens is 463 g/mol. The first-order valence-electron chi connectivity index (χ1n) is 11.2. The fourth-order valence-electron chi connectivity index (χ4n) is 4.36. The molecule has 0 spiro atoms. The molecule has 1 aliphatic rings. The van der Waals surface area contributed by atoms with Gasteiger partial charge in [0.15, 0.2) is 0 Å². The molecule has 190 valence electrons. The van der Waals surface area contributed by atoms with E-state index in [4.69, 9.17) is 18.9 Å². The molecule has 2 aromatic carbocycles. The first-order chi connectivity index (χ1) is 16.7. The Bertz CT molecular complexity index is 1040. The highest BCUT2D eigenvalue weighted by Gasteiger charge is 2.46. The Morgan fingerprint density at radius 3 is 2.29 bits per heavy atom. The van der Waals surface area contributed by atoms with Gasteiger partial charge >= 0.3 is 6.18 Å². The van der Waals surface area contributed by atoms with Crippen molar-refractivity contribution in [3.8, 4) is 0 Å². The van der Waals surface area contributed by atoms with Gasteiger partial charge in [0.2, 0.25) is 0 Å². The molecule has 1 N–H and O–H groups in total. The molecule has 0 radical (unpaired) electrons. The molecule has 1 saturated heterocycles. The van der Waals surface area contributed by atoms with Crippen molar-refractivity contribution in [2.24, 2.45) is 5.16 Å². The Labute approximate surface area is 202 Å². The standard InChI is InChI=1S/C26H30F3NO5/c1-5-34-25-22(32-3)16(2)35-23(24(25)33-4)21-14-18(11-12-19(21)15-30-31)10-9-17-7-6-8-20(13-17)26(27,28)29/h6-16,22-25,31H,5H2,1-4H3/b10-9+,30-15?/t16-,22-,23-,24+,25+/m0/s1. The van der Waals surface area contributed by atoms with Crippen molar-refractivity contribution in [2.45, 2.75) is 50.5 Å². The highest BCUT2D eigenvalue weighted by Crippen LogP contribution is 2.38. The van der Waals surface area contributed by atoms with E-state index in [-0.39, 0.29) is 12.2 Å². The number of hydrogen-bond donors (Lipinski definition) is 1. The van der Waals surface area contributed by atoms with Crippen LogP contribution in [0, 0.1) is 0 Å². The molecule has 6 nitrogen and oxygen atoms in total. The third kappa shape index (κ3) is 6.29. The van der Waals surface area contributed by atoms with Gasteiger partial charge in [0, 0.05) is 26.4 Å². The summed E-state index contributed by atoms with van der Waals surface area (Å²) in [6.45, 7) is 4.22. The predicted molar refractivity (Wildman–Crippen MR) is 126 cm³/mol. The van der Waals surface area contributed by atoms with Crippen LogP contribution >= 0.6 is 0 Å².